The summed E-state index contributed by atoms with van der Waals surface area (Å²) in [5, 5.41) is 0. The molecule has 1 amide bonds. The fourth-order valence-electron chi connectivity index (χ4n) is 6.24. The van der Waals surface area contributed by atoms with Crippen molar-refractivity contribution in [3.63, 3.8) is 0 Å². The van der Waals surface area contributed by atoms with E-state index in [1.54, 1.807) is 0 Å². The Hall–Kier alpha value is -1.51. The summed E-state index contributed by atoms with van der Waals surface area (Å²) in [6.45, 7) is 2.76. The minimum absolute atomic E-state index is 0.0705. The van der Waals surface area contributed by atoms with Gasteiger partial charge in [0, 0.05) is 0 Å². The van der Waals surface area contributed by atoms with Crippen molar-refractivity contribution in [2.24, 2.45) is 23.2 Å². The Morgan fingerprint density at radius 2 is 1.70 bits per heavy atom. The number of rotatable bonds is 1. The number of hydrogen-bond acceptors (Lipinski definition) is 2. The summed E-state index contributed by atoms with van der Waals surface area (Å²) < 4.78 is 5.94. The lowest BCUT2D eigenvalue weighted by molar-refractivity contribution is -0.143. The number of ether oxygens (including phenoxy) is 1. The van der Waals surface area contributed by atoms with E-state index in [0.717, 1.165) is 48.5 Å². The average molecular weight is 311 g/mol. The summed E-state index contributed by atoms with van der Waals surface area (Å²) in [5.74, 6) is 3.67. The van der Waals surface area contributed by atoms with Crippen molar-refractivity contribution >= 4 is 11.6 Å². The number of benzene rings is 1. The fourth-order valence-corrected chi connectivity index (χ4v) is 6.24. The van der Waals surface area contributed by atoms with Gasteiger partial charge in [0.25, 0.3) is 0 Å². The molecule has 23 heavy (non-hydrogen) atoms. The number of para-hydroxylation sites is 2. The summed E-state index contributed by atoms with van der Waals surface area (Å²) in [7, 11) is 0. The highest BCUT2D eigenvalue weighted by Crippen LogP contribution is 2.61. The second-order valence-corrected chi connectivity index (χ2v) is 8.51. The number of carbonyl (C=O) groups is 1. The number of fused-ring (bicyclic) bond motifs is 1. The standard InChI is InChI=1S/C20H25NO2/c1-13-12-21(17-4-2-3-5-18(17)23-13)19(22)20-9-14-6-15(10-20)8-16(7-14)11-20/h2-5,13-16H,6-12H2,1H3. The van der Waals surface area contributed by atoms with Gasteiger partial charge in [0.15, 0.2) is 0 Å². The summed E-state index contributed by atoms with van der Waals surface area (Å²) in [5.41, 5.74) is 0.908. The van der Waals surface area contributed by atoms with Gasteiger partial charge in [-0.2, -0.15) is 0 Å². The second kappa shape index (κ2) is 4.75. The predicted octanol–water partition coefficient (Wildman–Crippen LogP) is 4.02. The smallest absolute Gasteiger partial charge is 0.233 e. The van der Waals surface area contributed by atoms with Crippen molar-refractivity contribution < 1.29 is 9.53 Å². The van der Waals surface area contributed by atoms with Gasteiger partial charge in [0.1, 0.15) is 11.9 Å². The van der Waals surface area contributed by atoms with Crippen LogP contribution in [-0.4, -0.2) is 18.6 Å². The van der Waals surface area contributed by atoms with E-state index in [0.29, 0.717) is 12.5 Å². The monoisotopic (exact) mass is 311 g/mol. The van der Waals surface area contributed by atoms with Crippen LogP contribution in [0.1, 0.15) is 45.4 Å². The van der Waals surface area contributed by atoms with E-state index in [-0.39, 0.29) is 11.5 Å². The van der Waals surface area contributed by atoms with Gasteiger partial charge in [0.2, 0.25) is 5.91 Å². The fraction of sp³-hybridized carbons (Fsp3) is 0.650. The van der Waals surface area contributed by atoms with Gasteiger partial charge in [-0.05, 0) is 75.3 Å². The van der Waals surface area contributed by atoms with Gasteiger partial charge >= 0.3 is 0 Å². The molecule has 1 heterocycles. The third-order valence-corrected chi connectivity index (χ3v) is 6.66. The second-order valence-electron chi connectivity index (χ2n) is 8.51. The normalized spacial score (nSPS) is 40.7. The number of anilines is 1. The van der Waals surface area contributed by atoms with Crippen LogP contribution < -0.4 is 9.64 Å². The maximum absolute atomic E-state index is 13.6. The molecule has 4 aliphatic carbocycles. The van der Waals surface area contributed by atoms with E-state index in [1.165, 1.54) is 19.3 Å². The first-order valence-electron chi connectivity index (χ1n) is 9.21. The van der Waals surface area contributed by atoms with Crippen LogP contribution in [0.5, 0.6) is 5.75 Å². The van der Waals surface area contributed by atoms with Crippen LogP contribution in [0.2, 0.25) is 0 Å². The maximum atomic E-state index is 13.6. The molecule has 4 fully saturated rings. The highest BCUT2D eigenvalue weighted by molar-refractivity contribution is 5.99. The first-order valence-corrected chi connectivity index (χ1v) is 9.21. The molecular formula is C20H25NO2. The van der Waals surface area contributed by atoms with Crippen molar-refractivity contribution in [2.75, 3.05) is 11.4 Å². The molecule has 1 aliphatic heterocycles. The maximum Gasteiger partial charge on any atom is 0.233 e. The molecule has 1 atom stereocenters. The lowest BCUT2D eigenvalue weighted by Crippen LogP contribution is -2.56. The third kappa shape index (κ3) is 2.05. The molecule has 0 spiro atoms. The Labute approximate surface area is 138 Å². The molecule has 0 radical (unpaired) electrons. The number of carbonyl (C=O) groups excluding carboxylic acids is 1. The SMILES string of the molecule is CC1CN(C(=O)C23CC4CC(CC(C4)C2)C3)c2ccccc2O1. The predicted molar refractivity (Wildman–Crippen MR) is 89.5 cm³/mol. The molecule has 0 N–H and O–H groups in total. The molecule has 0 saturated heterocycles. The third-order valence-electron chi connectivity index (χ3n) is 6.66. The first kappa shape index (κ1) is 13.9. The molecule has 3 heteroatoms. The van der Waals surface area contributed by atoms with Crippen LogP contribution >= 0.6 is 0 Å². The van der Waals surface area contributed by atoms with E-state index >= 15 is 0 Å². The van der Waals surface area contributed by atoms with Gasteiger partial charge < -0.3 is 9.64 Å². The van der Waals surface area contributed by atoms with Crippen LogP contribution in [0, 0.1) is 23.2 Å². The molecule has 1 unspecified atom stereocenters. The van der Waals surface area contributed by atoms with Gasteiger partial charge in [-0.3, -0.25) is 4.79 Å². The van der Waals surface area contributed by atoms with E-state index in [2.05, 4.69) is 11.8 Å². The van der Waals surface area contributed by atoms with E-state index in [1.807, 2.05) is 24.3 Å². The van der Waals surface area contributed by atoms with Crippen molar-refractivity contribution in [2.45, 2.75) is 51.6 Å². The number of hydrogen-bond donors (Lipinski definition) is 0. The summed E-state index contributed by atoms with van der Waals surface area (Å²) in [4.78, 5) is 15.7. The summed E-state index contributed by atoms with van der Waals surface area (Å²) >= 11 is 0. The lowest BCUT2D eigenvalue weighted by atomic mass is 9.49. The molecule has 4 saturated carbocycles. The highest BCUT2D eigenvalue weighted by Gasteiger charge is 2.56. The molecule has 3 nitrogen and oxygen atoms in total. The van der Waals surface area contributed by atoms with E-state index in [4.69, 9.17) is 4.74 Å². The van der Waals surface area contributed by atoms with Gasteiger partial charge in [-0.25, -0.2) is 0 Å². The lowest BCUT2D eigenvalue weighted by Gasteiger charge is -2.57. The zero-order valence-electron chi connectivity index (χ0n) is 13.8. The Kier molecular flexibility index (Phi) is 2.87. The summed E-state index contributed by atoms with van der Waals surface area (Å²) in [6.07, 6.45) is 7.60. The van der Waals surface area contributed by atoms with Crippen LogP contribution in [0.25, 0.3) is 0 Å². The molecule has 1 aromatic carbocycles. The first-order chi connectivity index (χ1) is 11.1. The van der Waals surface area contributed by atoms with Crippen LogP contribution in [0.3, 0.4) is 0 Å². The van der Waals surface area contributed by atoms with Crippen molar-refractivity contribution in [3.05, 3.63) is 24.3 Å². The number of amides is 1. The minimum Gasteiger partial charge on any atom is -0.487 e. The van der Waals surface area contributed by atoms with Crippen LogP contribution in [0.15, 0.2) is 24.3 Å². The molecular weight excluding hydrogens is 286 g/mol. The topological polar surface area (TPSA) is 29.5 Å². The van der Waals surface area contributed by atoms with Crippen LogP contribution in [0.4, 0.5) is 5.69 Å². The van der Waals surface area contributed by atoms with Crippen molar-refractivity contribution in [1.82, 2.24) is 0 Å². The van der Waals surface area contributed by atoms with E-state index in [9.17, 15) is 4.79 Å². The molecule has 6 rings (SSSR count). The Morgan fingerprint density at radius 1 is 1.09 bits per heavy atom. The van der Waals surface area contributed by atoms with Gasteiger partial charge in [-0.15, -0.1) is 0 Å². The Balaban J connectivity index is 1.51. The Bertz CT molecular complexity index is 618. The highest BCUT2D eigenvalue weighted by atomic mass is 16.5. The molecule has 0 aromatic heterocycles. The van der Waals surface area contributed by atoms with Crippen molar-refractivity contribution in [3.8, 4) is 5.75 Å². The van der Waals surface area contributed by atoms with E-state index < -0.39 is 0 Å². The van der Waals surface area contributed by atoms with Gasteiger partial charge in [0.05, 0.1) is 17.6 Å². The molecule has 122 valence electrons. The zero-order chi connectivity index (χ0) is 15.6. The molecule has 4 bridgehead atoms. The largest absolute Gasteiger partial charge is 0.487 e. The molecule has 5 aliphatic rings. The summed E-state index contributed by atoms with van der Waals surface area (Å²) in [6, 6.07) is 8.03. The number of nitrogens with zero attached hydrogens (tertiary/aromatic N) is 1. The van der Waals surface area contributed by atoms with Crippen LogP contribution in [-0.2, 0) is 4.79 Å². The Morgan fingerprint density at radius 3 is 2.35 bits per heavy atom. The van der Waals surface area contributed by atoms with Gasteiger partial charge in [-0.1, -0.05) is 12.1 Å². The zero-order valence-corrected chi connectivity index (χ0v) is 13.8. The van der Waals surface area contributed by atoms with Crippen molar-refractivity contribution in [1.29, 1.82) is 0 Å². The minimum atomic E-state index is -0.0705. The quantitative estimate of drug-likeness (QED) is 0.784. The average Bonchev–Trinajstić information content (AvgIpc) is 2.52. The molecule has 1 aromatic rings.